The summed E-state index contributed by atoms with van der Waals surface area (Å²) in [7, 11) is 0. The second kappa shape index (κ2) is 9.41. The minimum Gasteiger partial charge on any atom is -0.369 e. The Morgan fingerprint density at radius 2 is 2.07 bits per heavy atom. The average molecular weight is 397 g/mol. The number of anilines is 1. The molecule has 29 heavy (non-hydrogen) atoms. The topological polar surface area (TPSA) is 76.3 Å². The molecule has 1 amide bonds. The monoisotopic (exact) mass is 396 g/mol. The molecular weight excluding hydrogens is 364 g/mol. The van der Waals surface area contributed by atoms with Gasteiger partial charge in [0, 0.05) is 69.2 Å². The summed E-state index contributed by atoms with van der Waals surface area (Å²) in [6.07, 6.45) is 3.01. The highest BCUT2D eigenvalue weighted by atomic mass is 16.1. The smallest absolute Gasteiger partial charge is 0.272 e. The van der Waals surface area contributed by atoms with E-state index >= 15 is 0 Å². The first kappa shape index (κ1) is 19.9. The molecule has 1 saturated heterocycles. The van der Waals surface area contributed by atoms with Crippen molar-refractivity contribution in [3.05, 3.63) is 46.8 Å². The van der Waals surface area contributed by atoms with Crippen molar-refractivity contribution in [3.8, 4) is 0 Å². The Morgan fingerprint density at radius 3 is 2.90 bits per heavy atom. The van der Waals surface area contributed by atoms with Crippen molar-refractivity contribution >= 4 is 11.6 Å². The first-order chi connectivity index (χ1) is 14.2. The molecule has 0 saturated carbocycles. The minimum absolute atomic E-state index is 0.0574. The number of carbonyl (C=O) groups is 1. The molecule has 0 aliphatic carbocycles. The molecule has 0 atom stereocenters. The molecule has 156 valence electrons. The van der Waals surface area contributed by atoms with E-state index in [2.05, 4.69) is 61.8 Å². The molecule has 2 aliphatic heterocycles. The van der Waals surface area contributed by atoms with E-state index in [1.54, 1.807) is 0 Å². The van der Waals surface area contributed by atoms with E-state index in [9.17, 15) is 4.79 Å². The van der Waals surface area contributed by atoms with Gasteiger partial charge in [0.15, 0.2) is 5.69 Å². The molecule has 1 aromatic heterocycles. The van der Waals surface area contributed by atoms with E-state index in [0.717, 1.165) is 76.3 Å². The SMILES string of the molecule is Cc1cccc(N2CCN(CCCCNC(=O)c3n[nH]c4c3CNCC4)CC2)c1. The average Bonchev–Trinajstić information content (AvgIpc) is 3.18. The molecule has 3 heterocycles. The molecule has 4 rings (SSSR count). The lowest BCUT2D eigenvalue weighted by molar-refractivity contribution is 0.0946. The van der Waals surface area contributed by atoms with Gasteiger partial charge in [-0.3, -0.25) is 14.8 Å². The molecule has 7 nitrogen and oxygen atoms in total. The van der Waals surface area contributed by atoms with Gasteiger partial charge >= 0.3 is 0 Å². The van der Waals surface area contributed by atoms with Crippen LogP contribution in [-0.4, -0.2) is 66.8 Å². The van der Waals surface area contributed by atoms with Crippen LogP contribution in [0.5, 0.6) is 0 Å². The van der Waals surface area contributed by atoms with Crippen molar-refractivity contribution in [2.75, 3.05) is 50.7 Å². The summed E-state index contributed by atoms with van der Waals surface area (Å²) in [4.78, 5) is 17.4. The predicted molar refractivity (Wildman–Crippen MR) is 115 cm³/mol. The summed E-state index contributed by atoms with van der Waals surface area (Å²) in [5.74, 6) is -0.0574. The highest BCUT2D eigenvalue weighted by Crippen LogP contribution is 2.18. The lowest BCUT2D eigenvalue weighted by atomic mass is 10.1. The highest BCUT2D eigenvalue weighted by Gasteiger charge is 2.21. The van der Waals surface area contributed by atoms with Crippen LogP contribution < -0.4 is 15.5 Å². The van der Waals surface area contributed by atoms with E-state index in [0.29, 0.717) is 12.2 Å². The first-order valence-electron chi connectivity index (χ1n) is 10.8. The van der Waals surface area contributed by atoms with E-state index in [1.807, 2.05) is 0 Å². The molecule has 7 heteroatoms. The largest absolute Gasteiger partial charge is 0.369 e. The lowest BCUT2D eigenvalue weighted by Crippen LogP contribution is -2.46. The predicted octanol–water partition coefficient (Wildman–Crippen LogP) is 1.70. The Labute approximate surface area is 172 Å². The van der Waals surface area contributed by atoms with Crippen LogP contribution in [0.1, 0.15) is 40.2 Å². The van der Waals surface area contributed by atoms with Crippen molar-refractivity contribution in [3.63, 3.8) is 0 Å². The van der Waals surface area contributed by atoms with Crippen LogP contribution in [0.25, 0.3) is 0 Å². The second-order valence-corrected chi connectivity index (χ2v) is 8.09. The van der Waals surface area contributed by atoms with Crippen molar-refractivity contribution in [1.29, 1.82) is 0 Å². The number of rotatable bonds is 7. The van der Waals surface area contributed by atoms with Gasteiger partial charge in [0.2, 0.25) is 0 Å². The van der Waals surface area contributed by atoms with Gasteiger partial charge in [0.1, 0.15) is 0 Å². The summed E-state index contributed by atoms with van der Waals surface area (Å²) >= 11 is 0. The molecule has 3 N–H and O–H groups in total. The van der Waals surface area contributed by atoms with Gasteiger partial charge in [-0.15, -0.1) is 0 Å². The van der Waals surface area contributed by atoms with E-state index in [1.165, 1.54) is 11.3 Å². The van der Waals surface area contributed by atoms with Gasteiger partial charge in [0.05, 0.1) is 0 Å². The van der Waals surface area contributed by atoms with Crippen LogP contribution in [0, 0.1) is 6.92 Å². The zero-order valence-electron chi connectivity index (χ0n) is 17.3. The fourth-order valence-electron chi connectivity index (χ4n) is 4.21. The number of fused-ring (bicyclic) bond motifs is 1. The highest BCUT2D eigenvalue weighted by molar-refractivity contribution is 5.94. The van der Waals surface area contributed by atoms with Crippen molar-refractivity contribution in [1.82, 2.24) is 25.7 Å². The molecule has 1 fully saturated rings. The Balaban J connectivity index is 1.13. The molecular formula is C22H32N6O. The number of aromatic amines is 1. The standard InChI is InChI=1S/C22H32N6O/c1-17-5-4-6-18(15-17)28-13-11-27(12-14-28)10-3-2-8-24-22(29)21-19-16-23-9-7-20(19)25-26-21/h4-6,15,23H,2-3,7-14,16H2,1H3,(H,24,29)(H,25,26). The van der Waals surface area contributed by atoms with Gasteiger partial charge in [-0.1, -0.05) is 12.1 Å². The number of piperazine rings is 1. The number of aromatic nitrogens is 2. The number of benzene rings is 1. The van der Waals surface area contributed by atoms with E-state index in [-0.39, 0.29) is 5.91 Å². The molecule has 2 aliphatic rings. The summed E-state index contributed by atoms with van der Waals surface area (Å²) in [5.41, 5.74) is 5.33. The maximum Gasteiger partial charge on any atom is 0.272 e. The van der Waals surface area contributed by atoms with Crippen LogP contribution in [0.15, 0.2) is 24.3 Å². The third-order valence-electron chi connectivity index (χ3n) is 5.95. The molecule has 0 unspecified atom stereocenters. The first-order valence-corrected chi connectivity index (χ1v) is 10.8. The van der Waals surface area contributed by atoms with Crippen LogP contribution in [0.4, 0.5) is 5.69 Å². The van der Waals surface area contributed by atoms with Gasteiger partial charge < -0.3 is 15.5 Å². The summed E-state index contributed by atoms with van der Waals surface area (Å²) in [6, 6.07) is 8.76. The van der Waals surface area contributed by atoms with Crippen LogP contribution >= 0.6 is 0 Å². The summed E-state index contributed by atoms with van der Waals surface area (Å²) < 4.78 is 0. The summed E-state index contributed by atoms with van der Waals surface area (Å²) in [6.45, 7) is 9.99. The number of amides is 1. The van der Waals surface area contributed by atoms with Gasteiger partial charge in [-0.05, 0) is 44.0 Å². The second-order valence-electron chi connectivity index (χ2n) is 8.09. The van der Waals surface area contributed by atoms with Crippen molar-refractivity contribution in [2.24, 2.45) is 0 Å². The fraction of sp³-hybridized carbons (Fsp3) is 0.545. The molecule has 2 aromatic rings. The number of nitrogens with one attached hydrogen (secondary N) is 3. The number of H-pyrrole nitrogens is 1. The number of carbonyl (C=O) groups excluding carboxylic acids is 1. The Hall–Kier alpha value is -2.38. The van der Waals surface area contributed by atoms with E-state index in [4.69, 9.17) is 0 Å². The summed E-state index contributed by atoms with van der Waals surface area (Å²) in [5, 5.41) is 13.6. The zero-order chi connectivity index (χ0) is 20.1. The molecule has 1 aromatic carbocycles. The van der Waals surface area contributed by atoms with Crippen molar-refractivity contribution in [2.45, 2.75) is 32.7 Å². The van der Waals surface area contributed by atoms with E-state index < -0.39 is 0 Å². The van der Waals surface area contributed by atoms with Gasteiger partial charge in [-0.2, -0.15) is 5.10 Å². The maximum atomic E-state index is 12.4. The Morgan fingerprint density at radius 1 is 1.21 bits per heavy atom. The normalized spacial score (nSPS) is 17.2. The zero-order valence-corrected chi connectivity index (χ0v) is 17.3. The minimum atomic E-state index is -0.0574. The third kappa shape index (κ3) is 4.97. The number of hydrogen-bond donors (Lipinski definition) is 3. The third-order valence-corrected chi connectivity index (χ3v) is 5.95. The number of aryl methyl sites for hydroxylation is 1. The fourth-order valence-corrected chi connectivity index (χ4v) is 4.21. The number of hydrogen-bond acceptors (Lipinski definition) is 5. The quantitative estimate of drug-likeness (QED) is 0.621. The van der Waals surface area contributed by atoms with Crippen molar-refractivity contribution < 1.29 is 4.79 Å². The molecule has 0 bridgehead atoms. The van der Waals surface area contributed by atoms with Gasteiger partial charge in [-0.25, -0.2) is 0 Å². The lowest BCUT2D eigenvalue weighted by Gasteiger charge is -2.36. The molecule has 0 radical (unpaired) electrons. The van der Waals surface area contributed by atoms with Crippen LogP contribution in [0.3, 0.4) is 0 Å². The number of nitrogens with zero attached hydrogens (tertiary/aromatic N) is 3. The maximum absolute atomic E-state index is 12.4. The Bertz CT molecular complexity index is 824. The van der Waals surface area contributed by atoms with Gasteiger partial charge in [0.25, 0.3) is 5.91 Å². The number of unbranched alkanes of at least 4 members (excludes halogenated alkanes) is 1. The Kier molecular flexibility index (Phi) is 6.46. The van der Waals surface area contributed by atoms with Crippen LogP contribution in [-0.2, 0) is 13.0 Å². The van der Waals surface area contributed by atoms with Crippen LogP contribution in [0.2, 0.25) is 0 Å². The molecule has 0 spiro atoms.